The molecule has 0 bridgehead atoms. The third kappa shape index (κ3) is 3.25. The van der Waals surface area contributed by atoms with E-state index in [-0.39, 0.29) is 17.1 Å². The molecule has 1 atom stereocenters. The van der Waals surface area contributed by atoms with Crippen LogP contribution in [0.2, 0.25) is 0 Å². The van der Waals surface area contributed by atoms with Gasteiger partial charge in [0.2, 0.25) is 5.88 Å². The van der Waals surface area contributed by atoms with E-state index in [2.05, 4.69) is 9.72 Å². The van der Waals surface area contributed by atoms with Crippen LogP contribution in [0.15, 0.2) is 36.4 Å². The van der Waals surface area contributed by atoms with Crippen molar-refractivity contribution in [2.45, 2.75) is 5.92 Å². The number of benzene rings is 1. The SMILES string of the molecule is COC(=O)[C@@H](c1ccccc1F)c1nc(OC)ccc1[N+](=O)[O-]. The molecule has 0 radical (unpaired) electrons. The smallest absolute Gasteiger partial charge is 0.319 e. The molecule has 0 aliphatic rings. The topological polar surface area (TPSA) is 91.6 Å². The van der Waals surface area contributed by atoms with Gasteiger partial charge in [-0.15, -0.1) is 0 Å². The Hall–Kier alpha value is -3.03. The first-order chi connectivity index (χ1) is 11.0. The third-order valence-corrected chi connectivity index (χ3v) is 3.21. The van der Waals surface area contributed by atoms with E-state index in [1.807, 2.05) is 0 Å². The number of halogens is 1. The van der Waals surface area contributed by atoms with Gasteiger partial charge in [0.1, 0.15) is 17.4 Å². The van der Waals surface area contributed by atoms with Crippen molar-refractivity contribution in [3.8, 4) is 5.88 Å². The van der Waals surface area contributed by atoms with Crippen molar-refractivity contribution in [2.75, 3.05) is 14.2 Å². The van der Waals surface area contributed by atoms with Gasteiger partial charge in [0, 0.05) is 17.7 Å². The minimum atomic E-state index is -1.38. The molecule has 0 aliphatic carbocycles. The average molecular weight is 320 g/mol. The number of rotatable bonds is 5. The lowest BCUT2D eigenvalue weighted by Crippen LogP contribution is -2.19. The first kappa shape index (κ1) is 16.3. The number of nitro groups is 1. The number of carbonyl (C=O) groups is 1. The Morgan fingerprint density at radius 1 is 1.26 bits per heavy atom. The van der Waals surface area contributed by atoms with Crippen LogP contribution in [0.25, 0.3) is 0 Å². The van der Waals surface area contributed by atoms with E-state index >= 15 is 0 Å². The van der Waals surface area contributed by atoms with Crippen LogP contribution in [0.4, 0.5) is 10.1 Å². The third-order valence-electron chi connectivity index (χ3n) is 3.21. The fraction of sp³-hybridized carbons (Fsp3) is 0.200. The molecule has 23 heavy (non-hydrogen) atoms. The van der Waals surface area contributed by atoms with Gasteiger partial charge in [-0.1, -0.05) is 18.2 Å². The minimum absolute atomic E-state index is 0.0656. The van der Waals surface area contributed by atoms with Gasteiger partial charge in [0.05, 0.1) is 19.1 Å². The van der Waals surface area contributed by atoms with Crippen molar-refractivity contribution in [3.05, 3.63) is 63.6 Å². The van der Waals surface area contributed by atoms with Crippen LogP contribution in [0.1, 0.15) is 17.2 Å². The van der Waals surface area contributed by atoms with Crippen molar-refractivity contribution >= 4 is 11.7 Å². The maximum atomic E-state index is 14.1. The molecule has 7 nitrogen and oxygen atoms in total. The highest BCUT2D eigenvalue weighted by Crippen LogP contribution is 2.34. The first-order valence-electron chi connectivity index (χ1n) is 6.51. The Morgan fingerprint density at radius 3 is 2.52 bits per heavy atom. The Bertz CT molecular complexity index is 750. The number of pyridine rings is 1. The summed E-state index contributed by atoms with van der Waals surface area (Å²) in [6.07, 6.45) is 0. The quantitative estimate of drug-likeness (QED) is 0.477. The number of esters is 1. The highest BCUT2D eigenvalue weighted by molar-refractivity contribution is 5.83. The summed E-state index contributed by atoms with van der Waals surface area (Å²) in [6, 6.07) is 7.90. The van der Waals surface area contributed by atoms with Gasteiger partial charge in [-0.05, 0) is 6.07 Å². The molecular weight excluding hydrogens is 307 g/mol. The highest BCUT2D eigenvalue weighted by atomic mass is 19.1. The summed E-state index contributed by atoms with van der Waals surface area (Å²) in [6.45, 7) is 0. The molecule has 0 N–H and O–H groups in total. The predicted octanol–water partition coefficient (Wildman–Crippen LogP) is 2.44. The molecule has 2 rings (SSSR count). The zero-order valence-corrected chi connectivity index (χ0v) is 12.4. The molecule has 0 spiro atoms. The predicted molar refractivity (Wildman–Crippen MR) is 77.7 cm³/mol. The summed E-state index contributed by atoms with van der Waals surface area (Å²) in [5.74, 6) is -2.87. The maximum Gasteiger partial charge on any atom is 0.319 e. The fourth-order valence-electron chi connectivity index (χ4n) is 2.14. The molecule has 1 aromatic heterocycles. The van der Waals surface area contributed by atoms with E-state index in [9.17, 15) is 19.3 Å². The van der Waals surface area contributed by atoms with Gasteiger partial charge in [-0.2, -0.15) is 0 Å². The van der Waals surface area contributed by atoms with E-state index < -0.39 is 28.3 Å². The molecule has 1 heterocycles. The fourth-order valence-corrected chi connectivity index (χ4v) is 2.14. The van der Waals surface area contributed by atoms with Crippen LogP contribution < -0.4 is 4.74 Å². The highest BCUT2D eigenvalue weighted by Gasteiger charge is 2.34. The molecule has 1 aromatic carbocycles. The van der Waals surface area contributed by atoms with E-state index in [0.717, 1.165) is 19.2 Å². The second-order valence-electron chi connectivity index (χ2n) is 4.49. The Labute approximate surface area is 130 Å². The van der Waals surface area contributed by atoms with Crippen molar-refractivity contribution in [1.29, 1.82) is 0 Å². The van der Waals surface area contributed by atoms with E-state index in [1.54, 1.807) is 0 Å². The normalized spacial score (nSPS) is 11.6. The largest absolute Gasteiger partial charge is 0.481 e. The molecule has 0 saturated carbocycles. The van der Waals surface area contributed by atoms with Crippen molar-refractivity contribution in [2.24, 2.45) is 0 Å². The number of methoxy groups -OCH3 is 2. The van der Waals surface area contributed by atoms with Gasteiger partial charge in [-0.3, -0.25) is 14.9 Å². The van der Waals surface area contributed by atoms with Gasteiger partial charge in [0.15, 0.2) is 0 Å². The summed E-state index contributed by atoms with van der Waals surface area (Å²) in [7, 11) is 2.44. The van der Waals surface area contributed by atoms with E-state index in [1.165, 1.54) is 31.4 Å². The number of carbonyl (C=O) groups excluding carboxylic acids is 1. The Morgan fingerprint density at radius 2 is 1.96 bits per heavy atom. The lowest BCUT2D eigenvalue weighted by atomic mass is 9.93. The Kier molecular flexibility index (Phi) is 4.85. The molecule has 8 heteroatoms. The molecule has 0 saturated heterocycles. The van der Waals surface area contributed by atoms with Crippen molar-refractivity contribution in [3.63, 3.8) is 0 Å². The zero-order valence-electron chi connectivity index (χ0n) is 12.4. The number of ether oxygens (including phenoxy) is 2. The summed E-state index contributed by atoms with van der Waals surface area (Å²) >= 11 is 0. The maximum absolute atomic E-state index is 14.1. The molecule has 0 aliphatic heterocycles. The average Bonchev–Trinajstić information content (AvgIpc) is 2.56. The number of aromatic nitrogens is 1. The van der Waals surface area contributed by atoms with Gasteiger partial charge in [-0.25, -0.2) is 9.37 Å². The second-order valence-corrected chi connectivity index (χ2v) is 4.49. The van der Waals surface area contributed by atoms with E-state index in [0.29, 0.717) is 0 Å². The zero-order chi connectivity index (χ0) is 17.0. The number of hydrogen-bond donors (Lipinski definition) is 0. The monoisotopic (exact) mass is 320 g/mol. The molecule has 0 fully saturated rings. The van der Waals surface area contributed by atoms with Gasteiger partial charge >= 0.3 is 5.97 Å². The van der Waals surface area contributed by atoms with Crippen LogP contribution >= 0.6 is 0 Å². The first-order valence-corrected chi connectivity index (χ1v) is 6.51. The number of hydrogen-bond acceptors (Lipinski definition) is 6. The lowest BCUT2D eigenvalue weighted by Gasteiger charge is -2.16. The lowest BCUT2D eigenvalue weighted by molar-refractivity contribution is -0.386. The molecule has 120 valence electrons. The van der Waals surface area contributed by atoms with Gasteiger partial charge < -0.3 is 9.47 Å². The molecule has 0 amide bonds. The summed E-state index contributed by atoms with van der Waals surface area (Å²) in [5.41, 5.74) is -0.737. The van der Waals surface area contributed by atoms with Crippen LogP contribution in [-0.2, 0) is 9.53 Å². The molecule has 2 aromatic rings. The van der Waals surface area contributed by atoms with Crippen LogP contribution in [0.5, 0.6) is 5.88 Å². The summed E-state index contributed by atoms with van der Waals surface area (Å²) in [5, 5.41) is 11.2. The Balaban J connectivity index is 2.72. The van der Waals surface area contributed by atoms with Crippen LogP contribution in [0.3, 0.4) is 0 Å². The van der Waals surface area contributed by atoms with Gasteiger partial charge in [0.25, 0.3) is 5.69 Å². The van der Waals surface area contributed by atoms with Crippen molar-refractivity contribution in [1.82, 2.24) is 4.98 Å². The summed E-state index contributed by atoms with van der Waals surface area (Å²) in [4.78, 5) is 26.7. The summed E-state index contributed by atoms with van der Waals surface area (Å²) < 4.78 is 23.7. The standard InChI is InChI=1S/C15H13FN2O5/c1-22-12-8-7-11(18(20)21)14(17-12)13(15(19)23-2)9-5-3-4-6-10(9)16/h3-8,13H,1-2H3/t13-/m0/s1. The van der Waals surface area contributed by atoms with Crippen LogP contribution in [0, 0.1) is 15.9 Å². The van der Waals surface area contributed by atoms with Crippen molar-refractivity contribution < 1.29 is 23.6 Å². The molecular formula is C15H13FN2O5. The van der Waals surface area contributed by atoms with Crippen LogP contribution in [-0.4, -0.2) is 30.1 Å². The second kappa shape index (κ2) is 6.82. The number of nitrogens with zero attached hydrogens (tertiary/aromatic N) is 2. The van der Waals surface area contributed by atoms with E-state index in [4.69, 9.17) is 4.74 Å². The minimum Gasteiger partial charge on any atom is -0.481 e. The molecule has 0 unspecified atom stereocenters.